The molecule has 0 saturated carbocycles. The van der Waals surface area contributed by atoms with Gasteiger partial charge in [-0.1, -0.05) is 0 Å². The summed E-state index contributed by atoms with van der Waals surface area (Å²) in [6.45, 7) is 6.30. The third kappa shape index (κ3) is 3.76. The maximum atomic E-state index is 13.0. The molecule has 5 rings (SSSR count). The molecule has 0 atom stereocenters. The van der Waals surface area contributed by atoms with Gasteiger partial charge in [0.25, 0.3) is 0 Å². The van der Waals surface area contributed by atoms with E-state index in [1.165, 1.54) is 12.1 Å². The van der Waals surface area contributed by atoms with Gasteiger partial charge in [0, 0.05) is 62.7 Å². The minimum atomic E-state index is -0.282. The van der Waals surface area contributed by atoms with E-state index in [4.69, 9.17) is 13.9 Å². The van der Waals surface area contributed by atoms with E-state index in [2.05, 4.69) is 15.1 Å². The molecule has 2 saturated heterocycles. The van der Waals surface area contributed by atoms with Crippen LogP contribution in [-0.4, -0.2) is 64.7 Å². The molecular formula is C24H27N3O5. The first-order chi connectivity index (χ1) is 15.7. The molecular weight excluding hydrogens is 410 g/mol. The number of rotatable bonds is 4. The highest BCUT2D eigenvalue weighted by atomic mass is 16.5. The quantitative estimate of drug-likeness (QED) is 0.644. The Morgan fingerprint density at radius 1 is 1.00 bits per heavy atom. The van der Waals surface area contributed by atoms with Gasteiger partial charge >= 0.3 is 0 Å². The molecule has 2 aliphatic heterocycles. The van der Waals surface area contributed by atoms with Gasteiger partial charge in [-0.05, 0) is 24.3 Å². The van der Waals surface area contributed by atoms with Crippen molar-refractivity contribution in [1.29, 1.82) is 0 Å². The fraction of sp³-hybridized carbons (Fsp3) is 0.375. The molecule has 3 aromatic rings. The van der Waals surface area contributed by atoms with Gasteiger partial charge in [-0.25, -0.2) is 0 Å². The average molecular weight is 437 g/mol. The number of fused-ring (bicyclic) bond motifs is 1. The van der Waals surface area contributed by atoms with Crippen LogP contribution in [0, 0.1) is 0 Å². The van der Waals surface area contributed by atoms with E-state index in [9.17, 15) is 9.90 Å². The summed E-state index contributed by atoms with van der Waals surface area (Å²) in [5.41, 5.74) is 2.68. The van der Waals surface area contributed by atoms with E-state index in [0.717, 1.165) is 63.7 Å². The minimum Gasteiger partial charge on any atom is -0.507 e. The lowest BCUT2D eigenvalue weighted by Crippen LogP contribution is -2.43. The summed E-state index contributed by atoms with van der Waals surface area (Å²) in [6, 6.07) is 10.9. The first-order valence-corrected chi connectivity index (χ1v) is 10.9. The van der Waals surface area contributed by atoms with Crippen molar-refractivity contribution in [3.05, 3.63) is 46.6 Å². The number of methoxy groups -OCH3 is 1. The van der Waals surface area contributed by atoms with Crippen LogP contribution >= 0.6 is 0 Å². The predicted molar refractivity (Wildman–Crippen MR) is 124 cm³/mol. The maximum Gasteiger partial charge on any atom is 0.197 e. The monoisotopic (exact) mass is 437 g/mol. The van der Waals surface area contributed by atoms with Crippen molar-refractivity contribution in [2.75, 3.05) is 69.4 Å². The molecule has 168 valence electrons. The molecule has 0 aliphatic carbocycles. The Bertz CT molecular complexity index is 1160. The van der Waals surface area contributed by atoms with Crippen LogP contribution < -0.4 is 25.3 Å². The van der Waals surface area contributed by atoms with Crippen molar-refractivity contribution >= 4 is 22.3 Å². The molecule has 0 spiro atoms. The van der Waals surface area contributed by atoms with E-state index >= 15 is 0 Å². The highest BCUT2D eigenvalue weighted by molar-refractivity contribution is 5.97. The zero-order valence-electron chi connectivity index (χ0n) is 18.1. The first kappa shape index (κ1) is 20.7. The van der Waals surface area contributed by atoms with Gasteiger partial charge in [-0.15, -0.1) is 0 Å². The SMILES string of the molecule is COc1cc(O)c2c(=O)cc(-c3ccc(N4CCOCC4)cc3)oc2c1N1CCNCC1. The van der Waals surface area contributed by atoms with Crippen molar-refractivity contribution < 1.29 is 19.0 Å². The van der Waals surface area contributed by atoms with Gasteiger partial charge in [0.1, 0.15) is 28.3 Å². The van der Waals surface area contributed by atoms with Gasteiger partial charge < -0.3 is 34.1 Å². The van der Waals surface area contributed by atoms with Gasteiger partial charge in [0.15, 0.2) is 11.0 Å². The normalized spacial score (nSPS) is 17.0. The number of nitrogens with zero attached hydrogens (tertiary/aromatic N) is 2. The predicted octanol–water partition coefficient (Wildman–Crippen LogP) is 2.42. The number of phenolic OH excluding ortho intramolecular Hbond substituents is 1. The molecule has 0 unspecified atom stereocenters. The van der Waals surface area contributed by atoms with Crippen LogP contribution in [0.5, 0.6) is 11.5 Å². The highest BCUT2D eigenvalue weighted by Crippen LogP contribution is 2.41. The molecule has 3 heterocycles. The van der Waals surface area contributed by atoms with Crippen molar-refractivity contribution in [2.45, 2.75) is 0 Å². The third-order valence-corrected chi connectivity index (χ3v) is 6.10. The highest BCUT2D eigenvalue weighted by Gasteiger charge is 2.24. The zero-order valence-corrected chi connectivity index (χ0v) is 18.1. The minimum absolute atomic E-state index is 0.140. The Kier molecular flexibility index (Phi) is 5.63. The summed E-state index contributed by atoms with van der Waals surface area (Å²) >= 11 is 0. The first-order valence-electron chi connectivity index (χ1n) is 10.9. The summed E-state index contributed by atoms with van der Waals surface area (Å²) in [5.74, 6) is 0.804. The lowest BCUT2D eigenvalue weighted by Gasteiger charge is -2.31. The topological polar surface area (TPSA) is 87.4 Å². The number of hydrogen-bond donors (Lipinski definition) is 2. The van der Waals surface area contributed by atoms with E-state index in [1.54, 1.807) is 7.11 Å². The molecule has 1 aromatic heterocycles. The van der Waals surface area contributed by atoms with Crippen LogP contribution in [0.2, 0.25) is 0 Å². The Morgan fingerprint density at radius 2 is 1.72 bits per heavy atom. The third-order valence-electron chi connectivity index (χ3n) is 6.10. The second-order valence-corrected chi connectivity index (χ2v) is 8.01. The molecule has 2 aromatic carbocycles. The van der Waals surface area contributed by atoms with E-state index < -0.39 is 0 Å². The smallest absolute Gasteiger partial charge is 0.197 e. The van der Waals surface area contributed by atoms with Crippen LogP contribution in [0.3, 0.4) is 0 Å². The standard InChI is InChI=1S/C24H27N3O5/c1-30-21-15-19(29)22-18(28)14-20(32-24(22)23(21)27-8-6-25-7-9-27)16-2-4-17(5-3-16)26-10-12-31-13-11-26/h2-5,14-15,25,29H,6-13H2,1H3. The summed E-state index contributed by atoms with van der Waals surface area (Å²) in [5, 5.41) is 14.0. The van der Waals surface area contributed by atoms with E-state index in [-0.39, 0.29) is 16.6 Å². The summed E-state index contributed by atoms with van der Waals surface area (Å²) in [6.07, 6.45) is 0. The van der Waals surface area contributed by atoms with Crippen LogP contribution in [-0.2, 0) is 4.74 Å². The van der Waals surface area contributed by atoms with Crippen LogP contribution in [0.1, 0.15) is 0 Å². The largest absolute Gasteiger partial charge is 0.507 e. The molecule has 0 bridgehead atoms. The molecule has 2 fully saturated rings. The van der Waals surface area contributed by atoms with Gasteiger partial charge in [-0.3, -0.25) is 4.79 Å². The number of phenols is 1. The molecule has 8 nitrogen and oxygen atoms in total. The van der Waals surface area contributed by atoms with Crippen LogP contribution in [0.15, 0.2) is 45.6 Å². The van der Waals surface area contributed by atoms with Gasteiger partial charge in [-0.2, -0.15) is 0 Å². The number of aromatic hydroxyl groups is 1. The van der Waals surface area contributed by atoms with Crippen LogP contribution in [0.25, 0.3) is 22.3 Å². The fourth-order valence-electron chi connectivity index (χ4n) is 4.42. The van der Waals surface area contributed by atoms with Crippen molar-refractivity contribution in [3.8, 4) is 22.8 Å². The Balaban J connectivity index is 1.61. The number of benzene rings is 2. The van der Waals surface area contributed by atoms with Gasteiger partial charge in [0.2, 0.25) is 0 Å². The van der Waals surface area contributed by atoms with E-state index in [1.807, 2.05) is 24.3 Å². The van der Waals surface area contributed by atoms with Gasteiger partial charge in [0.05, 0.1) is 20.3 Å². The van der Waals surface area contributed by atoms with Crippen LogP contribution in [0.4, 0.5) is 11.4 Å². The number of piperazine rings is 1. The fourth-order valence-corrected chi connectivity index (χ4v) is 4.42. The number of morpholine rings is 1. The second-order valence-electron chi connectivity index (χ2n) is 8.01. The Labute approximate surface area is 186 Å². The lowest BCUT2D eigenvalue weighted by molar-refractivity contribution is 0.122. The summed E-state index contributed by atoms with van der Waals surface area (Å²) in [4.78, 5) is 17.4. The summed E-state index contributed by atoms with van der Waals surface area (Å²) < 4.78 is 17.3. The van der Waals surface area contributed by atoms with Crippen molar-refractivity contribution in [2.24, 2.45) is 0 Å². The lowest BCUT2D eigenvalue weighted by atomic mass is 10.1. The number of ether oxygens (including phenoxy) is 2. The summed E-state index contributed by atoms with van der Waals surface area (Å²) in [7, 11) is 1.55. The van der Waals surface area contributed by atoms with Crippen molar-refractivity contribution in [1.82, 2.24) is 5.32 Å². The number of anilines is 2. The maximum absolute atomic E-state index is 13.0. The Morgan fingerprint density at radius 3 is 2.41 bits per heavy atom. The average Bonchev–Trinajstić information content (AvgIpc) is 2.84. The molecule has 32 heavy (non-hydrogen) atoms. The molecule has 0 amide bonds. The molecule has 0 radical (unpaired) electrons. The Hall–Kier alpha value is -3.23. The molecule has 2 N–H and O–H groups in total. The van der Waals surface area contributed by atoms with Crippen molar-refractivity contribution in [3.63, 3.8) is 0 Å². The number of hydrogen-bond acceptors (Lipinski definition) is 8. The second kappa shape index (κ2) is 8.72. The molecule has 8 heteroatoms. The van der Waals surface area contributed by atoms with E-state index in [0.29, 0.717) is 22.8 Å². The number of nitrogens with one attached hydrogen (secondary N) is 1. The molecule has 2 aliphatic rings. The zero-order chi connectivity index (χ0) is 22.1.